The summed E-state index contributed by atoms with van der Waals surface area (Å²) < 4.78 is 69.7. The molecule has 1 N–H and O–H groups in total. The van der Waals surface area contributed by atoms with Crippen molar-refractivity contribution in [2.24, 2.45) is 0 Å². The Labute approximate surface area is 157 Å². The summed E-state index contributed by atoms with van der Waals surface area (Å²) in [5, 5.41) is 10.8. The van der Waals surface area contributed by atoms with Crippen LogP contribution in [-0.2, 0) is 23.1 Å². The Morgan fingerprint density at radius 2 is 1.93 bits per heavy atom. The van der Waals surface area contributed by atoms with Crippen LogP contribution in [0.15, 0.2) is 47.5 Å². The third-order valence-corrected chi connectivity index (χ3v) is 6.32. The van der Waals surface area contributed by atoms with E-state index in [9.17, 15) is 26.7 Å². The molecule has 0 unspecified atom stereocenters. The van der Waals surface area contributed by atoms with E-state index in [0.29, 0.717) is 16.6 Å². The van der Waals surface area contributed by atoms with Crippen molar-refractivity contribution in [3.05, 3.63) is 48.3 Å². The van der Waals surface area contributed by atoms with E-state index in [0.717, 1.165) is 16.4 Å². The maximum atomic E-state index is 13.0. The highest BCUT2D eigenvalue weighted by atomic mass is 32.2. The van der Waals surface area contributed by atoms with Crippen molar-refractivity contribution in [1.82, 2.24) is 13.9 Å². The predicted octanol–water partition coefficient (Wildman–Crippen LogP) is 2.85. The molecule has 0 fully saturated rings. The largest absolute Gasteiger partial charge is 0.573 e. The minimum Gasteiger partial charge on any atom is -0.494 e. The summed E-state index contributed by atoms with van der Waals surface area (Å²) in [6.07, 6.45) is -3.38. The van der Waals surface area contributed by atoms with Gasteiger partial charge in [0, 0.05) is 25.4 Å². The summed E-state index contributed by atoms with van der Waals surface area (Å²) in [6.45, 7) is 0.171. The Bertz CT molecular complexity index is 1160. The van der Waals surface area contributed by atoms with Crippen molar-refractivity contribution >= 4 is 20.9 Å². The molecule has 0 radical (unpaired) electrons. The zero-order chi connectivity index (χ0) is 20.1. The molecule has 1 aromatic carbocycles. The molecule has 4 rings (SSSR count). The number of benzene rings is 1. The van der Waals surface area contributed by atoms with Gasteiger partial charge in [-0.15, -0.1) is 13.2 Å². The Kier molecular flexibility index (Phi) is 4.23. The first-order valence-electron chi connectivity index (χ1n) is 8.18. The van der Waals surface area contributed by atoms with Gasteiger partial charge in [-0.3, -0.25) is 4.98 Å². The molecule has 2 aromatic heterocycles. The molecule has 0 bridgehead atoms. The van der Waals surface area contributed by atoms with Crippen molar-refractivity contribution in [2.45, 2.75) is 24.3 Å². The standard InChI is InChI=1S/C17H14F3N3O4S/c18-17(19,20)27-11-3-1-4-12(9-11)28(25,26)22-7-8-23-14(10-22)15-13(16(23)24)5-2-6-21-15/h1-6,9,24H,7-8,10H2. The number of rotatable bonds is 3. The van der Waals surface area contributed by atoms with Crippen molar-refractivity contribution in [2.75, 3.05) is 6.54 Å². The van der Waals surface area contributed by atoms with Crippen LogP contribution in [-0.4, -0.2) is 40.3 Å². The fourth-order valence-electron chi connectivity index (χ4n) is 3.26. The molecule has 3 heterocycles. The average molecular weight is 413 g/mol. The lowest BCUT2D eigenvalue weighted by atomic mass is 10.2. The quantitative estimate of drug-likeness (QED) is 0.714. The maximum Gasteiger partial charge on any atom is 0.573 e. The SMILES string of the molecule is O=S(=O)(c1cccc(OC(F)(F)F)c1)N1CCn2c(O)c3cccnc3c2C1. The molecule has 3 aromatic rings. The van der Waals surface area contributed by atoms with Gasteiger partial charge in [0.05, 0.1) is 28.0 Å². The molecular formula is C17H14F3N3O4S. The maximum absolute atomic E-state index is 13.0. The minimum atomic E-state index is -4.92. The normalized spacial score (nSPS) is 15.5. The first-order chi connectivity index (χ1) is 13.2. The lowest BCUT2D eigenvalue weighted by Crippen LogP contribution is -2.38. The number of alkyl halides is 3. The van der Waals surface area contributed by atoms with E-state index in [1.54, 1.807) is 16.7 Å². The second-order valence-corrected chi connectivity index (χ2v) is 8.12. The number of sulfonamides is 1. The van der Waals surface area contributed by atoms with Crippen LogP contribution < -0.4 is 4.74 Å². The molecular weight excluding hydrogens is 399 g/mol. The summed E-state index contributed by atoms with van der Waals surface area (Å²) in [6, 6.07) is 7.60. The van der Waals surface area contributed by atoms with Gasteiger partial charge in [0.25, 0.3) is 0 Å². The highest BCUT2D eigenvalue weighted by Gasteiger charge is 2.34. The lowest BCUT2D eigenvalue weighted by molar-refractivity contribution is -0.274. The van der Waals surface area contributed by atoms with Crippen LogP contribution in [0.3, 0.4) is 0 Å². The average Bonchev–Trinajstić information content (AvgIpc) is 2.93. The molecule has 7 nitrogen and oxygen atoms in total. The number of hydrogen-bond acceptors (Lipinski definition) is 5. The molecule has 11 heteroatoms. The highest BCUT2D eigenvalue weighted by Crippen LogP contribution is 2.35. The van der Waals surface area contributed by atoms with E-state index in [4.69, 9.17) is 0 Å². The molecule has 0 aliphatic carbocycles. The number of fused-ring (bicyclic) bond motifs is 3. The van der Waals surface area contributed by atoms with Gasteiger partial charge < -0.3 is 14.4 Å². The number of nitrogens with zero attached hydrogens (tertiary/aromatic N) is 3. The van der Waals surface area contributed by atoms with Crippen LogP contribution in [0, 0.1) is 0 Å². The van der Waals surface area contributed by atoms with E-state index in [-0.39, 0.29) is 30.4 Å². The monoisotopic (exact) mass is 413 g/mol. The molecule has 1 aliphatic rings. The van der Waals surface area contributed by atoms with Gasteiger partial charge in [0.2, 0.25) is 15.9 Å². The van der Waals surface area contributed by atoms with Crippen LogP contribution in [0.25, 0.3) is 10.9 Å². The highest BCUT2D eigenvalue weighted by molar-refractivity contribution is 7.89. The first kappa shape index (κ1) is 18.6. The van der Waals surface area contributed by atoms with Crippen LogP contribution in [0.2, 0.25) is 0 Å². The summed E-state index contributed by atoms with van der Waals surface area (Å²) >= 11 is 0. The van der Waals surface area contributed by atoms with Crippen LogP contribution in [0.1, 0.15) is 5.69 Å². The van der Waals surface area contributed by atoms with E-state index >= 15 is 0 Å². The third kappa shape index (κ3) is 3.16. The van der Waals surface area contributed by atoms with Crippen molar-refractivity contribution in [1.29, 1.82) is 0 Å². The van der Waals surface area contributed by atoms with Gasteiger partial charge in [-0.05, 0) is 24.3 Å². The number of ether oxygens (including phenoxy) is 1. The number of halogens is 3. The number of aromatic hydroxyl groups is 1. The van der Waals surface area contributed by atoms with Crippen LogP contribution in [0.4, 0.5) is 13.2 Å². The zero-order valence-electron chi connectivity index (χ0n) is 14.2. The Hall–Kier alpha value is -2.79. The summed E-state index contributed by atoms with van der Waals surface area (Å²) in [7, 11) is -4.08. The van der Waals surface area contributed by atoms with Gasteiger partial charge in [0.1, 0.15) is 5.75 Å². The molecule has 0 atom stereocenters. The Morgan fingerprint density at radius 1 is 1.14 bits per heavy atom. The van der Waals surface area contributed by atoms with Crippen molar-refractivity contribution in [3.63, 3.8) is 0 Å². The predicted molar refractivity (Wildman–Crippen MR) is 92.1 cm³/mol. The van der Waals surface area contributed by atoms with Crippen molar-refractivity contribution in [3.8, 4) is 11.6 Å². The molecule has 0 amide bonds. The lowest BCUT2D eigenvalue weighted by Gasteiger charge is -2.28. The topological polar surface area (TPSA) is 84.7 Å². The fraction of sp³-hybridized carbons (Fsp3) is 0.235. The van der Waals surface area contributed by atoms with Gasteiger partial charge >= 0.3 is 6.36 Å². The van der Waals surface area contributed by atoms with Crippen LogP contribution >= 0.6 is 0 Å². The molecule has 28 heavy (non-hydrogen) atoms. The fourth-order valence-corrected chi connectivity index (χ4v) is 4.69. The second kappa shape index (κ2) is 6.38. The summed E-state index contributed by atoms with van der Waals surface area (Å²) in [5.74, 6) is -0.602. The van der Waals surface area contributed by atoms with E-state index in [1.165, 1.54) is 18.3 Å². The van der Waals surface area contributed by atoms with Gasteiger partial charge in [-0.1, -0.05) is 6.07 Å². The summed E-state index contributed by atoms with van der Waals surface area (Å²) in [4.78, 5) is 3.90. The molecule has 1 aliphatic heterocycles. The molecule has 0 spiro atoms. The van der Waals surface area contributed by atoms with Gasteiger partial charge in [0.15, 0.2) is 0 Å². The van der Waals surface area contributed by atoms with Crippen LogP contribution in [0.5, 0.6) is 11.6 Å². The van der Waals surface area contributed by atoms with Gasteiger partial charge in [-0.2, -0.15) is 4.31 Å². The Balaban J connectivity index is 1.69. The van der Waals surface area contributed by atoms with E-state index < -0.39 is 22.1 Å². The second-order valence-electron chi connectivity index (χ2n) is 6.18. The third-order valence-electron chi connectivity index (χ3n) is 4.48. The zero-order valence-corrected chi connectivity index (χ0v) is 15.0. The molecule has 148 valence electrons. The molecule has 0 saturated carbocycles. The van der Waals surface area contributed by atoms with E-state index in [1.807, 2.05) is 0 Å². The number of pyridine rings is 1. The smallest absolute Gasteiger partial charge is 0.494 e. The first-order valence-corrected chi connectivity index (χ1v) is 9.62. The molecule has 0 saturated heterocycles. The van der Waals surface area contributed by atoms with Gasteiger partial charge in [-0.25, -0.2) is 8.42 Å². The summed E-state index contributed by atoms with van der Waals surface area (Å²) in [5.41, 5.74) is 1.000. The Morgan fingerprint density at radius 3 is 2.68 bits per heavy atom. The number of aromatic nitrogens is 2. The van der Waals surface area contributed by atoms with E-state index in [2.05, 4.69) is 9.72 Å². The van der Waals surface area contributed by atoms with Crippen molar-refractivity contribution < 1.29 is 31.4 Å². The number of hydrogen-bond donors (Lipinski definition) is 1. The minimum absolute atomic E-state index is 0.00993.